The van der Waals surface area contributed by atoms with Gasteiger partial charge in [0, 0.05) is 18.6 Å². The Morgan fingerprint density at radius 1 is 1.44 bits per heavy atom. The van der Waals surface area contributed by atoms with Gasteiger partial charge in [-0.3, -0.25) is 19.7 Å². The van der Waals surface area contributed by atoms with Crippen LogP contribution in [0.5, 0.6) is 0 Å². The van der Waals surface area contributed by atoms with E-state index in [1.807, 2.05) is 0 Å². The first kappa shape index (κ1) is 12.0. The molecule has 0 bridgehead atoms. The Labute approximate surface area is 102 Å². The molecule has 7 heteroatoms. The van der Waals surface area contributed by atoms with Gasteiger partial charge in [0.1, 0.15) is 6.04 Å². The first-order valence-electron chi connectivity index (χ1n) is 5.40. The molecule has 3 amide bonds. The maximum absolute atomic E-state index is 11.8. The second-order valence-corrected chi connectivity index (χ2v) is 3.89. The predicted molar refractivity (Wildman–Crippen MR) is 59.0 cm³/mol. The molecule has 0 aliphatic carbocycles. The molecule has 0 aromatic carbocycles. The van der Waals surface area contributed by atoms with E-state index in [4.69, 9.17) is 0 Å². The van der Waals surface area contributed by atoms with Gasteiger partial charge in [-0.2, -0.15) is 4.73 Å². The molecule has 1 aromatic heterocycles. The number of hydrogen-bond donors (Lipinski definition) is 2. The quantitative estimate of drug-likeness (QED) is 0.392. The minimum absolute atomic E-state index is 0.0952. The van der Waals surface area contributed by atoms with Crippen molar-refractivity contribution in [1.82, 2.24) is 10.6 Å². The van der Waals surface area contributed by atoms with Gasteiger partial charge in [-0.05, 0) is 12.5 Å². The summed E-state index contributed by atoms with van der Waals surface area (Å²) >= 11 is 0. The molecule has 7 nitrogen and oxygen atoms in total. The van der Waals surface area contributed by atoms with E-state index >= 15 is 0 Å². The van der Waals surface area contributed by atoms with Crippen LogP contribution in [0.3, 0.4) is 0 Å². The molecule has 0 radical (unpaired) electrons. The van der Waals surface area contributed by atoms with Gasteiger partial charge in [0.2, 0.25) is 11.8 Å². The highest BCUT2D eigenvalue weighted by molar-refractivity contribution is 6.03. The maximum Gasteiger partial charge on any atom is 0.318 e. The summed E-state index contributed by atoms with van der Waals surface area (Å²) in [4.78, 5) is 34.1. The van der Waals surface area contributed by atoms with Crippen molar-refractivity contribution in [3.63, 3.8) is 0 Å². The molecule has 2 N–H and O–H groups in total. The highest BCUT2D eigenvalue weighted by atomic mass is 16.5. The zero-order chi connectivity index (χ0) is 13.1. The minimum Gasteiger partial charge on any atom is -0.618 e. The highest BCUT2D eigenvalue weighted by Gasteiger charge is 2.29. The number of nitrogens with zero attached hydrogens (tertiary/aromatic N) is 1. The van der Waals surface area contributed by atoms with Crippen LogP contribution in [0.25, 0.3) is 0 Å². The summed E-state index contributed by atoms with van der Waals surface area (Å²) in [7, 11) is 0. The van der Waals surface area contributed by atoms with Crippen molar-refractivity contribution in [1.29, 1.82) is 0 Å². The van der Waals surface area contributed by atoms with Crippen LogP contribution < -0.4 is 15.4 Å². The smallest absolute Gasteiger partial charge is 0.318 e. The molecule has 1 saturated heterocycles. The molecule has 1 aromatic rings. The van der Waals surface area contributed by atoms with Gasteiger partial charge in [-0.15, -0.1) is 0 Å². The third-order valence-corrected chi connectivity index (χ3v) is 2.60. The lowest BCUT2D eigenvalue weighted by molar-refractivity contribution is -0.607. The summed E-state index contributed by atoms with van der Waals surface area (Å²) in [6.45, 7) is 0. The summed E-state index contributed by atoms with van der Waals surface area (Å²) in [5.41, 5.74) is -0.0952. The van der Waals surface area contributed by atoms with E-state index < -0.39 is 17.9 Å². The highest BCUT2D eigenvalue weighted by Crippen LogP contribution is 2.05. The van der Waals surface area contributed by atoms with E-state index in [0.29, 0.717) is 4.73 Å². The average molecular weight is 249 g/mol. The van der Waals surface area contributed by atoms with Crippen molar-refractivity contribution in [2.45, 2.75) is 18.9 Å². The average Bonchev–Trinajstić information content (AvgIpc) is 2.33. The van der Waals surface area contributed by atoms with E-state index in [2.05, 4.69) is 10.6 Å². The van der Waals surface area contributed by atoms with E-state index in [9.17, 15) is 19.6 Å². The molecular formula is C11H11N3O4. The molecule has 2 heterocycles. The first-order valence-corrected chi connectivity index (χ1v) is 5.40. The summed E-state index contributed by atoms with van der Waals surface area (Å²) in [6, 6.07) is 3.62. The lowest BCUT2D eigenvalue weighted by atomic mass is 10.1. The molecule has 0 spiro atoms. The van der Waals surface area contributed by atoms with E-state index in [1.165, 1.54) is 18.3 Å². The number of piperidine rings is 1. The molecule has 0 saturated carbocycles. The van der Waals surface area contributed by atoms with Gasteiger partial charge < -0.3 is 10.5 Å². The van der Waals surface area contributed by atoms with Gasteiger partial charge in [-0.25, -0.2) is 0 Å². The number of carbonyl (C=O) groups excluding carboxylic acids is 3. The molecule has 2 rings (SSSR count). The van der Waals surface area contributed by atoms with Crippen LogP contribution in [-0.2, 0) is 9.59 Å². The van der Waals surface area contributed by atoms with Crippen molar-refractivity contribution >= 4 is 17.7 Å². The summed E-state index contributed by atoms with van der Waals surface area (Å²) in [5, 5.41) is 15.9. The van der Waals surface area contributed by atoms with Crippen molar-refractivity contribution < 1.29 is 19.1 Å². The fourth-order valence-corrected chi connectivity index (χ4v) is 1.67. The van der Waals surface area contributed by atoms with Gasteiger partial charge in [-0.1, -0.05) is 0 Å². The van der Waals surface area contributed by atoms with Crippen LogP contribution in [0, 0.1) is 5.21 Å². The van der Waals surface area contributed by atoms with Gasteiger partial charge >= 0.3 is 5.91 Å². The maximum atomic E-state index is 11.8. The normalized spacial score (nSPS) is 19.2. The molecule has 1 aliphatic heterocycles. The lowest BCUT2D eigenvalue weighted by Gasteiger charge is -2.21. The SMILES string of the molecule is O=C1CCC(NC(=O)c2cccc[n+]2[O-])C(=O)N1. The number of rotatable bonds is 2. The lowest BCUT2D eigenvalue weighted by Crippen LogP contribution is -2.53. The van der Waals surface area contributed by atoms with Gasteiger partial charge in [0.05, 0.1) is 0 Å². The molecule has 1 atom stereocenters. The zero-order valence-electron chi connectivity index (χ0n) is 9.38. The van der Waals surface area contributed by atoms with Gasteiger partial charge in [0.25, 0.3) is 5.69 Å². The van der Waals surface area contributed by atoms with Crippen LogP contribution in [0.2, 0.25) is 0 Å². The van der Waals surface area contributed by atoms with Crippen LogP contribution in [0.15, 0.2) is 24.4 Å². The number of pyridine rings is 1. The number of nitrogens with one attached hydrogen (secondary N) is 2. The van der Waals surface area contributed by atoms with Crippen LogP contribution in [0.1, 0.15) is 23.3 Å². The Morgan fingerprint density at radius 3 is 2.89 bits per heavy atom. The molecule has 1 unspecified atom stereocenters. The monoisotopic (exact) mass is 249 g/mol. The zero-order valence-corrected chi connectivity index (χ0v) is 9.38. The van der Waals surface area contributed by atoms with Crippen LogP contribution >= 0.6 is 0 Å². The molecule has 94 valence electrons. The number of hydrogen-bond acceptors (Lipinski definition) is 4. The molecular weight excluding hydrogens is 238 g/mol. The molecule has 18 heavy (non-hydrogen) atoms. The number of carbonyl (C=O) groups is 3. The molecule has 1 fully saturated rings. The van der Waals surface area contributed by atoms with Gasteiger partial charge in [0.15, 0.2) is 6.20 Å². The van der Waals surface area contributed by atoms with Crippen molar-refractivity contribution in [2.24, 2.45) is 0 Å². The van der Waals surface area contributed by atoms with Crippen LogP contribution in [-0.4, -0.2) is 23.8 Å². The topological polar surface area (TPSA) is 102 Å². The number of aromatic nitrogens is 1. The second-order valence-electron chi connectivity index (χ2n) is 3.89. The first-order chi connectivity index (χ1) is 8.58. The Hall–Kier alpha value is -2.44. The third-order valence-electron chi connectivity index (χ3n) is 2.60. The van der Waals surface area contributed by atoms with Crippen LogP contribution in [0.4, 0.5) is 0 Å². The standard InChI is InChI=1S/C11H11N3O4/c15-9-5-4-7(10(16)13-9)12-11(17)8-3-1-2-6-14(8)18/h1-3,6-7H,4-5H2,(H,12,17)(H,13,15,16). The second kappa shape index (κ2) is 4.82. The molecule has 1 aliphatic rings. The summed E-state index contributed by atoms with van der Waals surface area (Å²) < 4.78 is 0.418. The largest absolute Gasteiger partial charge is 0.618 e. The fourth-order valence-electron chi connectivity index (χ4n) is 1.67. The van der Waals surface area contributed by atoms with E-state index in [0.717, 1.165) is 0 Å². The number of imide groups is 1. The number of amides is 3. The Morgan fingerprint density at radius 2 is 2.22 bits per heavy atom. The van der Waals surface area contributed by atoms with E-state index in [1.54, 1.807) is 6.07 Å². The van der Waals surface area contributed by atoms with Crippen molar-refractivity contribution in [3.8, 4) is 0 Å². The summed E-state index contributed by atoms with van der Waals surface area (Å²) in [5.74, 6) is -1.54. The predicted octanol–water partition coefficient (Wildman–Crippen LogP) is -1.14. The Kier molecular flexibility index (Phi) is 3.22. The van der Waals surface area contributed by atoms with E-state index in [-0.39, 0.29) is 24.4 Å². The van der Waals surface area contributed by atoms with Crippen molar-refractivity contribution in [2.75, 3.05) is 0 Å². The summed E-state index contributed by atoms with van der Waals surface area (Å²) in [6.07, 6.45) is 1.60. The Bertz CT molecular complexity index is 515. The van der Waals surface area contributed by atoms with Crippen molar-refractivity contribution in [3.05, 3.63) is 35.3 Å². The fraction of sp³-hybridized carbons (Fsp3) is 0.273. The Balaban J connectivity index is 2.06. The minimum atomic E-state index is -0.782. The third kappa shape index (κ3) is 2.45.